The summed E-state index contributed by atoms with van der Waals surface area (Å²) in [6.45, 7) is 0.525. The number of benzene rings is 4. The molecular formula is C26H19N3OS2. The number of amides is 1. The zero-order valence-corrected chi connectivity index (χ0v) is 18.7. The summed E-state index contributed by atoms with van der Waals surface area (Å²) in [4.78, 5) is 17.2. The summed E-state index contributed by atoms with van der Waals surface area (Å²) in [6, 6.07) is 29.9. The minimum Gasteiger partial charge on any atom is -0.358 e. The van der Waals surface area contributed by atoms with Crippen molar-refractivity contribution in [2.24, 2.45) is 0 Å². The highest BCUT2D eigenvalue weighted by molar-refractivity contribution is 7.80. The molecular weight excluding hydrogens is 434 g/mol. The molecule has 0 radical (unpaired) electrons. The Morgan fingerprint density at radius 1 is 0.875 bits per heavy atom. The zero-order valence-electron chi connectivity index (χ0n) is 17.0. The van der Waals surface area contributed by atoms with E-state index in [0.29, 0.717) is 17.2 Å². The molecule has 0 aliphatic carbocycles. The lowest BCUT2D eigenvalue weighted by molar-refractivity contribution is 0.0977. The van der Waals surface area contributed by atoms with Gasteiger partial charge in [0.05, 0.1) is 10.2 Å². The molecule has 0 aliphatic heterocycles. The number of thiazole rings is 1. The molecule has 0 fully saturated rings. The van der Waals surface area contributed by atoms with Crippen molar-refractivity contribution in [3.05, 3.63) is 102 Å². The van der Waals surface area contributed by atoms with Gasteiger partial charge in [0, 0.05) is 17.7 Å². The third-order valence-electron chi connectivity index (χ3n) is 5.19. The van der Waals surface area contributed by atoms with Crippen LogP contribution >= 0.6 is 23.6 Å². The normalized spacial score (nSPS) is 10.9. The highest BCUT2D eigenvalue weighted by Gasteiger charge is 2.09. The molecule has 0 saturated carbocycles. The number of para-hydroxylation sites is 1. The SMILES string of the molecule is O=C(NC(=S)NCc1ccc(-c2nc3ccccc3s2)cc1)c1ccc2ccccc2c1. The highest BCUT2D eigenvalue weighted by Crippen LogP contribution is 2.30. The number of nitrogens with zero attached hydrogens (tertiary/aromatic N) is 1. The van der Waals surface area contributed by atoms with Crippen LogP contribution in [0, 0.1) is 0 Å². The van der Waals surface area contributed by atoms with E-state index < -0.39 is 0 Å². The van der Waals surface area contributed by atoms with Gasteiger partial charge in [-0.2, -0.15) is 0 Å². The van der Waals surface area contributed by atoms with Crippen LogP contribution in [0.15, 0.2) is 91.0 Å². The molecule has 32 heavy (non-hydrogen) atoms. The average molecular weight is 454 g/mol. The van der Waals surface area contributed by atoms with Gasteiger partial charge in [-0.15, -0.1) is 11.3 Å². The van der Waals surface area contributed by atoms with Gasteiger partial charge in [0.1, 0.15) is 5.01 Å². The Balaban J connectivity index is 1.19. The van der Waals surface area contributed by atoms with Crippen LogP contribution in [-0.2, 0) is 6.54 Å². The maximum atomic E-state index is 12.5. The first-order chi connectivity index (χ1) is 15.7. The second kappa shape index (κ2) is 8.86. The van der Waals surface area contributed by atoms with Crippen LogP contribution in [0.1, 0.15) is 15.9 Å². The van der Waals surface area contributed by atoms with E-state index in [1.54, 1.807) is 17.4 Å². The van der Waals surface area contributed by atoms with Gasteiger partial charge in [-0.3, -0.25) is 10.1 Å². The first-order valence-electron chi connectivity index (χ1n) is 10.2. The van der Waals surface area contributed by atoms with Crippen LogP contribution < -0.4 is 10.6 Å². The van der Waals surface area contributed by atoms with E-state index in [2.05, 4.69) is 28.8 Å². The second-order valence-electron chi connectivity index (χ2n) is 7.38. The van der Waals surface area contributed by atoms with Gasteiger partial charge in [0.2, 0.25) is 0 Å². The van der Waals surface area contributed by atoms with E-state index in [-0.39, 0.29) is 5.91 Å². The molecule has 0 bridgehead atoms. The van der Waals surface area contributed by atoms with E-state index in [1.807, 2.05) is 66.7 Å². The summed E-state index contributed by atoms with van der Waals surface area (Å²) < 4.78 is 1.18. The highest BCUT2D eigenvalue weighted by atomic mass is 32.1. The van der Waals surface area contributed by atoms with Gasteiger partial charge < -0.3 is 5.32 Å². The van der Waals surface area contributed by atoms with Crippen molar-refractivity contribution in [1.29, 1.82) is 0 Å². The summed E-state index contributed by atoms with van der Waals surface area (Å²) in [5.74, 6) is -0.223. The van der Waals surface area contributed by atoms with Crippen molar-refractivity contribution in [2.75, 3.05) is 0 Å². The Morgan fingerprint density at radius 2 is 1.62 bits per heavy atom. The monoisotopic (exact) mass is 453 g/mol. The number of hydrogen-bond acceptors (Lipinski definition) is 4. The molecule has 2 N–H and O–H groups in total. The first kappa shape index (κ1) is 20.3. The molecule has 0 unspecified atom stereocenters. The number of nitrogens with one attached hydrogen (secondary N) is 2. The standard InChI is InChI=1S/C26H19N3OS2/c30-24(21-14-13-18-5-1-2-6-20(18)15-21)29-26(31)27-16-17-9-11-19(12-10-17)25-28-22-7-3-4-8-23(22)32-25/h1-15H,16H2,(H2,27,29,30,31). The van der Waals surface area contributed by atoms with Crippen molar-refractivity contribution in [2.45, 2.75) is 6.54 Å². The number of carbonyl (C=O) groups is 1. The van der Waals surface area contributed by atoms with Gasteiger partial charge in [0.25, 0.3) is 5.91 Å². The molecule has 0 saturated heterocycles. The van der Waals surface area contributed by atoms with Gasteiger partial charge in [0.15, 0.2) is 5.11 Å². The molecule has 6 heteroatoms. The van der Waals surface area contributed by atoms with Gasteiger partial charge in [-0.05, 0) is 52.8 Å². The molecule has 0 atom stereocenters. The summed E-state index contributed by atoms with van der Waals surface area (Å²) in [5, 5.41) is 9.28. The smallest absolute Gasteiger partial charge is 0.257 e. The van der Waals surface area contributed by atoms with E-state index >= 15 is 0 Å². The minimum atomic E-state index is -0.223. The molecule has 4 aromatic carbocycles. The van der Waals surface area contributed by atoms with Crippen LogP contribution in [-0.4, -0.2) is 16.0 Å². The van der Waals surface area contributed by atoms with Crippen LogP contribution in [0.3, 0.4) is 0 Å². The summed E-state index contributed by atoms with van der Waals surface area (Å²) in [6.07, 6.45) is 0. The lowest BCUT2D eigenvalue weighted by Gasteiger charge is -2.10. The molecule has 156 valence electrons. The van der Waals surface area contributed by atoms with E-state index in [0.717, 1.165) is 32.4 Å². The van der Waals surface area contributed by atoms with E-state index in [1.165, 1.54) is 4.70 Å². The van der Waals surface area contributed by atoms with Gasteiger partial charge >= 0.3 is 0 Å². The van der Waals surface area contributed by atoms with Crippen LogP contribution in [0.25, 0.3) is 31.6 Å². The van der Waals surface area contributed by atoms with Gasteiger partial charge in [-0.1, -0.05) is 66.7 Å². The average Bonchev–Trinajstić information content (AvgIpc) is 3.27. The van der Waals surface area contributed by atoms with Crippen molar-refractivity contribution in [3.8, 4) is 10.6 Å². The Kier molecular flexibility index (Phi) is 5.62. The maximum absolute atomic E-state index is 12.5. The Morgan fingerprint density at radius 3 is 2.44 bits per heavy atom. The number of rotatable bonds is 4. The summed E-state index contributed by atoms with van der Waals surface area (Å²) in [7, 11) is 0. The Bertz CT molecular complexity index is 1410. The van der Waals surface area contributed by atoms with Gasteiger partial charge in [-0.25, -0.2) is 4.98 Å². The molecule has 0 spiro atoms. The molecule has 5 rings (SSSR count). The number of fused-ring (bicyclic) bond motifs is 2. The Labute approximate surface area is 194 Å². The molecule has 4 nitrogen and oxygen atoms in total. The van der Waals surface area contributed by atoms with Crippen molar-refractivity contribution in [3.63, 3.8) is 0 Å². The number of aromatic nitrogens is 1. The minimum absolute atomic E-state index is 0.223. The fraction of sp³-hybridized carbons (Fsp3) is 0.0385. The number of thiocarbonyl (C=S) groups is 1. The van der Waals surface area contributed by atoms with Crippen LogP contribution in [0.2, 0.25) is 0 Å². The molecule has 5 aromatic rings. The lowest BCUT2D eigenvalue weighted by Crippen LogP contribution is -2.38. The quantitative estimate of drug-likeness (QED) is 0.332. The number of hydrogen-bond donors (Lipinski definition) is 2. The Hall–Kier alpha value is -3.61. The second-order valence-corrected chi connectivity index (χ2v) is 8.82. The lowest BCUT2D eigenvalue weighted by atomic mass is 10.1. The third kappa shape index (κ3) is 4.37. The first-order valence-corrected chi connectivity index (χ1v) is 11.4. The summed E-state index contributed by atoms with van der Waals surface area (Å²) >= 11 is 7.00. The van der Waals surface area contributed by atoms with E-state index in [4.69, 9.17) is 17.2 Å². The largest absolute Gasteiger partial charge is 0.358 e. The zero-order chi connectivity index (χ0) is 21.9. The van der Waals surface area contributed by atoms with Crippen molar-refractivity contribution < 1.29 is 4.79 Å². The predicted octanol–water partition coefficient (Wildman–Crippen LogP) is 5.92. The topological polar surface area (TPSA) is 54.0 Å². The fourth-order valence-corrected chi connectivity index (χ4v) is 4.63. The van der Waals surface area contributed by atoms with Crippen molar-refractivity contribution >= 4 is 55.6 Å². The molecule has 0 aliphatic rings. The summed E-state index contributed by atoms with van der Waals surface area (Å²) in [5.41, 5.74) is 3.75. The molecule has 1 heterocycles. The number of carbonyl (C=O) groups excluding carboxylic acids is 1. The predicted molar refractivity (Wildman–Crippen MR) is 136 cm³/mol. The fourth-order valence-electron chi connectivity index (χ4n) is 3.49. The third-order valence-corrected chi connectivity index (χ3v) is 6.52. The van der Waals surface area contributed by atoms with E-state index in [9.17, 15) is 4.79 Å². The molecule has 1 amide bonds. The maximum Gasteiger partial charge on any atom is 0.257 e. The van der Waals surface area contributed by atoms with Crippen molar-refractivity contribution in [1.82, 2.24) is 15.6 Å². The van der Waals surface area contributed by atoms with Crippen LogP contribution in [0.4, 0.5) is 0 Å². The molecule has 1 aromatic heterocycles. The van der Waals surface area contributed by atoms with Crippen LogP contribution in [0.5, 0.6) is 0 Å².